The summed E-state index contributed by atoms with van der Waals surface area (Å²) in [5, 5.41) is 6.62. The molecule has 6 aromatic carbocycles. The van der Waals surface area contributed by atoms with E-state index in [1.807, 2.05) is 54.6 Å². The van der Waals surface area contributed by atoms with Crippen LogP contribution in [0.4, 0.5) is 0 Å². The largest absolute Gasteiger partial charge is 0.493 e. The van der Waals surface area contributed by atoms with Gasteiger partial charge in [-0.25, -0.2) is 0 Å². The molecule has 1 aliphatic heterocycles. The summed E-state index contributed by atoms with van der Waals surface area (Å²) in [6.45, 7) is 2.17. The van der Waals surface area contributed by atoms with Crippen molar-refractivity contribution < 1.29 is 23.7 Å². The van der Waals surface area contributed by atoms with Crippen molar-refractivity contribution in [3.63, 3.8) is 0 Å². The highest BCUT2D eigenvalue weighted by molar-refractivity contribution is 5.87. The highest BCUT2D eigenvalue weighted by Gasteiger charge is 2.23. The van der Waals surface area contributed by atoms with E-state index in [2.05, 4.69) is 54.6 Å². The third-order valence-electron chi connectivity index (χ3n) is 7.84. The SMILES string of the molecule is c1cc2ccc(Oc3ccc4ccc(Oc5ccc6ccc(OCC7CO7)cc6c5)cc4c3)cc2cc1OCC1CC1. The van der Waals surface area contributed by atoms with Crippen molar-refractivity contribution in [1.82, 2.24) is 0 Å². The first kappa shape index (κ1) is 25.0. The monoisotopic (exact) mass is 554 g/mol. The van der Waals surface area contributed by atoms with E-state index in [-0.39, 0.29) is 6.10 Å². The van der Waals surface area contributed by atoms with Gasteiger partial charge in [-0.05, 0) is 124 Å². The third-order valence-corrected chi connectivity index (χ3v) is 7.84. The van der Waals surface area contributed by atoms with Gasteiger partial charge in [0.15, 0.2) is 0 Å². The molecule has 1 unspecified atom stereocenters. The van der Waals surface area contributed by atoms with Crippen LogP contribution in [0, 0.1) is 5.92 Å². The molecule has 0 amide bonds. The van der Waals surface area contributed by atoms with Gasteiger partial charge in [-0.2, -0.15) is 0 Å². The summed E-state index contributed by atoms with van der Waals surface area (Å²) in [5.41, 5.74) is 0. The van der Waals surface area contributed by atoms with Gasteiger partial charge in [0.25, 0.3) is 0 Å². The molecule has 1 atom stereocenters. The van der Waals surface area contributed by atoms with Gasteiger partial charge in [0, 0.05) is 0 Å². The van der Waals surface area contributed by atoms with Crippen molar-refractivity contribution in [2.45, 2.75) is 18.9 Å². The molecule has 2 fully saturated rings. The molecule has 6 aromatic rings. The number of hydrogen-bond acceptors (Lipinski definition) is 5. The molecular weight excluding hydrogens is 524 g/mol. The van der Waals surface area contributed by atoms with E-state index >= 15 is 0 Å². The maximum Gasteiger partial charge on any atom is 0.128 e. The molecule has 0 aromatic heterocycles. The molecule has 0 radical (unpaired) electrons. The van der Waals surface area contributed by atoms with Crippen LogP contribution in [0.1, 0.15) is 12.8 Å². The van der Waals surface area contributed by atoms with Crippen LogP contribution in [0.15, 0.2) is 109 Å². The fourth-order valence-corrected chi connectivity index (χ4v) is 5.17. The molecule has 1 saturated heterocycles. The Morgan fingerprint density at radius 3 is 1.19 bits per heavy atom. The molecule has 42 heavy (non-hydrogen) atoms. The van der Waals surface area contributed by atoms with Gasteiger partial charge in [0.1, 0.15) is 47.2 Å². The Bertz CT molecular complexity index is 1790. The topological polar surface area (TPSA) is 49.5 Å². The fraction of sp³-hybridized carbons (Fsp3) is 0.189. The average Bonchev–Trinajstić information content (AvgIpc) is 3.94. The first-order valence-electron chi connectivity index (χ1n) is 14.5. The summed E-state index contributed by atoms with van der Waals surface area (Å²) in [6, 6.07) is 36.8. The van der Waals surface area contributed by atoms with Gasteiger partial charge in [-0.1, -0.05) is 36.4 Å². The first-order chi connectivity index (χ1) is 20.7. The first-order valence-corrected chi connectivity index (χ1v) is 14.5. The summed E-state index contributed by atoms with van der Waals surface area (Å²) < 4.78 is 29.7. The van der Waals surface area contributed by atoms with Gasteiger partial charge in [-0.15, -0.1) is 0 Å². The molecule has 0 spiro atoms. The van der Waals surface area contributed by atoms with E-state index in [9.17, 15) is 0 Å². The second kappa shape index (κ2) is 10.6. The maximum atomic E-state index is 6.30. The maximum absolute atomic E-state index is 6.30. The molecule has 5 heteroatoms. The number of ether oxygens (including phenoxy) is 5. The normalized spacial score (nSPS) is 16.0. The zero-order chi connectivity index (χ0) is 27.9. The van der Waals surface area contributed by atoms with Gasteiger partial charge in [0.2, 0.25) is 0 Å². The predicted molar refractivity (Wildman–Crippen MR) is 165 cm³/mol. The van der Waals surface area contributed by atoms with Gasteiger partial charge in [-0.3, -0.25) is 0 Å². The predicted octanol–water partition coefficient (Wildman–Crippen LogP) is 9.30. The average molecular weight is 555 g/mol. The summed E-state index contributed by atoms with van der Waals surface area (Å²) in [7, 11) is 0. The Balaban J connectivity index is 0.999. The van der Waals surface area contributed by atoms with Crippen molar-refractivity contribution in [3.05, 3.63) is 109 Å². The molecule has 2 aliphatic rings. The van der Waals surface area contributed by atoms with E-state index in [1.165, 1.54) is 12.8 Å². The summed E-state index contributed by atoms with van der Waals surface area (Å²) >= 11 is 0. The minimum absolute atomic E-state index is 0.228. The number of benzene rings is 6. The molecular formula is C37H30O5. The number of epoxide rings is 1. The minimum atomic E-state index is 0.228. The molecule has 1 aliphatic carbocycles. The van der Waals surface area contributed by atoms with Crippen LogP contribution in [0.3, 0.4) is 0 Å². The Kier molecular flexibility index (Phi) is 6.30. The lowest BCUT2D eigenvalue weighted by molar-refractivity contribution is 0.263. The molecule has 0 N–H and O–H groups in total. The van der Waals surface area contributed by atoms with Crippen LogP contribution in [0.2, 0.25) is 0 Å². The number of rotatable bonds is 10. The lowest BCUT2D eigenvalue weighted by atomic mass is 10.1. The minimum Gasteiger partial charge on any atom is -0.493 e. The van der Waals surface area contributed by atoms with Crippen LogP contribution >= 0.6 is 0 Å². The van der Waals surface area contributed by atoms with Crippen LogP contribution in [0.5, 0.6) is 34.5 Å². The van der Waals surface area contributed by atoms with E-state index < -0.39 is 0 Å². The molecule has 208 valence electrons. The molecule has 5 nitrogen and oxygen atoms in total. The quantitative estimate of drug-likeness (QED) is 0.158. The van der Waals surface area contributed by atoms with E-state index in [0.29, 0.717) is 6.61 Å². The summed E-state index contributed by atoms with van der Waals surface area (Å²) in [5.74, 6) is 5.57. The van der Waals surface area contributed by atoms with Crippen molar-refractivity contribution in [2.24, 2.45) is 5.92 Å². The Hall–Kier alpha value is -4.74. The molecule has 8 rings (SSSR count). The standard InChI is InChI=1S/C37H30O5/c1-2-24(1)21-38-31-9-3-25-5-11-33(17-28(25)15-31)41-35-13-7-27-8-14-36(20-30(27)19-35)42-34-12-6-26-4-10-32(16-29(26)18-34)39-22-37-23-40-37/h3-20,24,37H,1-2,21-23H2. The second-order valence-corrected chi connectivity index (χ2v) is 11.2. The molecule has 1 heterocycles. The lowest BCUT2D eigenvalue weighted by Crippen LogP contribution is -2.03. The Labute approximate surface area is 244 Å². The van der Waals surface area contributed by atoms with E-state index in [4.69, 9.17) is 23.7 Å². The van der Waals surface area contributed by atoms with E-state index in [0.717, 1.165) is 85.9 Å². The molecule has 0 bridgehead atoms. The Morgan fingerprint density at radius 2 is 0.810 bits per heavy atom. The highest BCUT2D eigenvalue weighted by Crippen LogP contribution is 2.34. The van der Waals surface area contributed by atoms with Gasteiger partial charge < -0.3 is 23.7 Å². The smallest absolute Gasteiger partial charge is 0.128 e. The van der Waals surface area contributed by atoms with Gasteiger partial charge in [0.05, 0.1) is 13.2 Å². The summed E-state index contributed by atoms with van der Waals surface area (Å²) in [4.78, 5) is 0. The lowest BCUT2D eigenvalue weighted by Gasteiger charge is -2.11. The Morgan fingerprint density at radius 1 is 0.452 bits per heavy atom. The van der Waals surface area contributed by atoms with E-state index in [1.54, 1.807) is 0 Å². The van der Waals surface area contributed by atoms with Crippen LogP contribution < -0.4 is 18.9 Å². The highest BCUT2D eigenvalue weighted by atomic mass is 16.6. The zero-order valence-corrected chi connectivity index (χ0v) is 23.1. The van der Waals surface area contributed by atoms with Crippen molar-refractivity contribution >= 4 is 32.3 Å². The fourth-order valence-electron chi connectivity index (χ4n) is 5.17. The summed E-state index contributed by atoms with van der Waals surface area (Å²) in [6.07, 6.45) is 2.79. The second-order valence-electron chi connectivity index (χ2n) is 11.2. The van der Waals surface area contributed by atoms with Crippen LogP contribution in [-0.2, 0) is 4.74 Å². The van der Waals surface area contributed by atoms with Crippen molar-refractivity contribution in [3.8, 4) is 34.5 Å². The number of hydrogen-bond donors (Lipinski definition) is 0. The number of fused-ring (bicyclic) bond motifs is 3. The third kappa shape index (κ3) is 5.69. The molecule has 1 saturated carbocycles. The van der Waals surface area contributed by atoms with Crippen molar-refractivity contribution in [2.75, 3.05) is 19.8 Å². The van der Waals surface area contributed by atoms with Gasteiger partial charge >= 0.3 is 0 Å². The van der Waals surface area contributed by atoms with Crippen LogP contribution in [0.25, 0.3) is 32.3 Å². The van der Waals surface area contributed by atoms with Crippen molar-refractivity contribution in [1.29, 1.82) is 0 Å². The zero-order valence-electron chi connectivity index (χ0n) is 23.1. The van der Waals surface area contributed by atoms with Crippen LogP contribution in [-0.4, -0.2) is 25.9 Å².